The van der Waals surface area contributed by atoms with Gasteiger partial charge in [0.1, 0.15) is 10.7 Å². The van der Waals surface area contributed by atoms with Crippen LogP contribution in [0, 0.1) is 5.82 Å². The van der Waals surface area contributed by atoms with Gasteiger partial charge in [0.05, 0.1) is 5.69 Å². The van der Waals surface area contributed by atoms with Gasteiger partial charge in [-0.15, -0.1) is 0 Å². The van der Waals surface area contributed by atoms with E-state index in [2.05, 4.69) is 0 Å². The van der Waals surface area contributed by atoms with Crippen molar-refractivity contribution in [3.8, 4) is 0 Å². The smallest absolute Gasteiger partial charge is 0.245 e. The summed E-state index contributed by atoms with van der Waals surface area (Å²) in [5.74, 6) is -0.588. The third-order valence-electron chi connectivity index (χ3n) is 3.55. The molecule has 1 heterocycles. The third kappa shape index (κ3) is 2.90. The van der Waals surface area contributed by atoms with Crippen LogP contribution in [0.25, 0.3) is 0 Å². The average molecular weight is 286 g/mol. The van der Waals surface area contributed by atoms with E-state index in [0.717, 1.165) is 31.7 Å². The number of nitrogens with zero attached hydrogens (tertiary/aromatic N) is 1. The molecule has 0 amide bonds. The number of benzene rings is 1. The zero-order chi connectivity index (χ0) is 14.0. The largest absolute Gasteiger partial charge is 0.398 e. The zero-order valence-corrected chi connectivity index (χ0v) is 11.8. The van der Waals surface area contributed by atoms with Crippen molar-refractivity contribution in [2.24, 2.45) is 0 Å². The quantitative estimate of drug-likeness (QED) is 0.849. The second-order valence-electron chi connectivity index (χ2n) is 5.00. The molecule has 1 aromatic carbocycles. The lowest BCUT2D eigenvalue weighted by Crippen LogP contribution is -2.38. The van der Waals surface area contributed by atoms with Crippen molar-refractivity contribution >= 4 is 15.7 Å². The molecule has 0 saturated carbocycles. The summed E-state index contributed by atoms with van der Waals surface area (Å²) in [4.78, 5) is -0.124. The number of nitrogen functional groups attached to an aromatic ring is 1. The molecule has 1 fully saturated rings. The Morgan fingerprint density at radius 1 is 1.32 bits per heavy atom. The molecule has 6 heteroatoms. The molecule has 0 spiro atoms. The highest BCUT2D eigenvalue weighted by atomic mass is 32.2. The molecule has 1 atom stereocenters. The fourth-order valence-electron chi connectivity index (χ4n) is 2.46. The van der Waals surface area contributed by atoms with Crippen molar-refractivity contribution in [2.75, 3.05) is 12.3 Å². The first-order valence-electron chi connectivity index (χ1n) is 6.50. The molecule has 0 aliphatic carbocycles. The lowest BCUT2D eigenvalue weighted by Gasteiger charge is -2.26. The van der Waals surface area contributed by atoms with Crippen LogP contribution in [0.15, 0.2) is 23.1 Å². The topological polar surface area (TPSA) is 63.4 Å². The highest BCUT2D eigenvalue weighted by Crippen LogP contribution is 2.28. The Morgan fingerprint density at radius 3 is 2.79 bits per heavy atom. The molecule has 1 aromatic rings. The maximum Gasteiger partial charge on any atom is 0.245 e. The average Bonchev–Trinajstić information content (AvgIpc) is 2.57. The molecule has 0 aromatic heterocycles. The van der Waals surface area contributed by atoms with Gasteiger partial charge in [-0.3, -0.25) is 0 Å². The van der Waals surface area contributed by atoms with Crippen molar-refractivity contribution in [2.45, 2.75) is 43.5 Å². The van der Waals surface area contributed by atoms with Gasteiger partial charge in [-0.2, -0.15) is 4.31 Å². The number of anilines is 1. The monoisotopic (exact) mass is 286 g/mol. The van der Waals surface area contributed by atoms with Crippen molar-refractivity contribution in [1.82, 2.24) is 4.31 Å². The summed E-state index contributed by atoms with van der Waals surface area (Å²) < 4.78 is 39.9. The molecular weight excluding hydrogens is 267 g/mol. The Morgan fingerprint density at radius 2 is 2.05 bits per heavy atom. The number of rotatable bonds is 2. The van der Waals surface area contributed by atoms with E-state index in [9.17, 15) is 12.8 Å². The second kappa shape index (κ2) is 5.46. The second-order valence-corrected chi connectivity index (χ2v) is 6.86. The van der Waals surface area contributed by atoms with Crippen LogP contribution in [0.5, 0.6) is 0 Å². The summed E-state index contributed by atoms with van der Waals surface area (Å²) in [5, 5.41) is 0. The standard InChI is InChI=1S/C13H19FN2O2S/c1-10-5-3-2-4-8-16(10)19(17,18)13-9-11(14)6-7-12(13)15/h6-7,9-10H,2-5,8,15H2,1H3. The van der Waals surface area contributed by atoms with Gasteiger partial charge in [0.2, 0.25) is 10.0 Å². The number of hydrogen-bond acceptors (Lipinski definition) is 3. The Balaban J connectivity index is 2.43. The van der Waals surface area contributed by atoms with Crippen LogP contribution in [0.2, 0.25) is 0 Å². The minimum absolute atomic E-state index is 0.0739. The van der Waals surface area contributed by atoms with Gasteiger partial charge >= 0.3 is 0 Å². The van der Waals surface area contributed by atoms with Crippen LogP contribution in [-0.2, 0) is 10.0 Å². The van der Waals surface area contributed by atoms with Crippen LogP contribution < -0.4 is 5.73 Å². The molecule has 1 aliphatic heterocycles. The molecule has 19 heavy (non-hydrogen) atoms. The van der Waals surface area contributed by atoms with Gasteiger partial charge in [0.15, 0.2) is 0 Å². The van der Waals surface area contributed by atoms with Crippen LogP contribution in [0.1, 0.15) is 32.6 Å². The van der Waals surface area contributed by atoms with Gasteiger partial charge in [0.25, 0.3) is 0 Å². The number of halogens is 1. The molecule has 0 radical (unpaired) electrons. The van der Waals surface area contributed by atoms with Gasteiger partial charge in [-0.05, 0) is 38.0 Å². The van der Waals surface area contributed by atoms with E-state index in [1.54, 1.807) is 0 Å². The van der Waals surface area contributed by atoms with Crippen LogP contribution in [0.3, 0.4) is 0 Å². The molecular formula is C13H19FN2O2S. The Kier molecular flexibility index (Phi) is 4.10. The number of sulfonamides is 1. The predicted octanol–water partition coefficient (Wildman–Crippen LogP) is 2.36. The predicted molar refractivity (Wildman–Crippen MR) is 72.6 cm³/mol. The molecule has 4 nitrogen and oxygen atoms in total. The van der Waals surface area contributed by atoms with E-state index in [0.29, 0.717) is 6.54 Å². The fraction of sp³-hybridized carbons (Fsp3) is 0.538. The van der Waals surface area contributed by atoms with Crippen molar-refractivity contribution < 1.29 is 12.8 Å². The highest BCUT2D eigenvalue weighted by Gasteiger charge is 2.31. The molecule has 1 unspecified atom stereocenters. The third-order valence-corrected chi connectivity index (χ3v) is 5.62. The van der Waals surface area contributed by atoms with Crippen LogP contribution >= 0.6 is 0 Å². The van der Waals surface area contributed by atoms with Gasteiger partial charge in [-0.25, -0.2) is 12.8 Å². The SMILES string of the molecule is CC1CCCCCN1S(=O)(=O)c1cc(F)ccc1N. The van der Waals surface area contributed by atoms with E-state index in [-0.39, 0.29) is 16.6 Å². The van der Waals surface area contributed by atoms with Crippen LogP contribution in [-0.4, -0.2) is 25.3 Å². The number of hydrogen-bond donors (Lipinski definition) is 1. The van der Waals surface area contributed by atoms with E-state index in [1.807, 2.05) is 6.92 Å². The zero-order valence-electron chi connectivity index (χ0n) is 11.0. The summed E-state index contributed by atoms with van der Waals surface area (Å²) in [6.45, 7) is 2.36. The molecule has 1 saturated heterocycles. The highest BCUT2D eigenvalue weighted by molar-refractivity contribution is 7.89. The van der Waals surface area contributed by atoms with Gasteiger partial charge in [-0.1, -0.05) is 12.8 Å². The fourth-order valence-corrected chi connectivity index (χ4v) is 4.29. The van der Waals surface area contributed by atoms with E-state index >= 15 is 0 Å². The lowest BCUT2D eigenvalue weighted by atomic mass is 10.1. The molecule has 106 valence electrons. The maximum atomic E-state index is 13.3. The van der Waals surface area contributed by atoms with Crippen molar-refractivity contribution in [1.29, 1.82) is 0 Å². The summed E-state index contributed by atoms with van der Waals surface area (Å²) in [6, 6.07) is 3.39. The lowest BCUT2D eigenvalue weighted by molar-refractivity contribution is 0.342. The van der Waals surface area contributed by atoms with Crippen molar-refractivity contribution in [3.05, 3.63) is 24.0 Å². The summed E-state index contributed by atoms with van der Waals surface area (Å²) in [7, 11) is -3.72. The van der Waals surface area contributed by atoms with E-state index in [4.69, 9.17) is 5.73 Å². The Labute approximate surface area is 113 Å². The molecule has 1 aliphatic rings. The molecule has 2 N–H and O–H groups in total. The summed E-state index contributed by atoms with van der Waals surface area (Å²) in [6.07, 6.45) is 3.70. The summed E-state index contributed by atoms with van der Waals surface area (Å²) >= 11 is 0. The normalized spacial score (nSPS) is 22.1. The van der Waals surface area contributed by atoms with E-state index < -0.39 is 15.8 Å². The van der Waals surface area contributed by atoms with E-state index in [1.165, 1.54) is 16.4 Å². The summed E-state index contributed by atoms with van der Waals surface area (Å²) in [5.41, 5.74) is 5.79. The van der Waals surface area contributed by atoms with Crippen molar-refractivity contribution in [3.63, 3.8) is 0 Å². The first-order valence-corrected chi connectivity index (χ1v) is 7.94. The number of nitrogens with two attached hydrogens (primary N) is 1. The van der Waals surface area contributed by atoms with Gasteiger partial charge in [0, 0.05) is 12.6 Å². The van der Waals surface area contributed by atoms with Crippen LogP contribution in [0.4, 0.5) is 10.1 Å². The minimum atomic E-state index is -3.72. The Bertz CT molecular complexity index is 560. The molecule has 0 bridgehead atoms. The maximum absolute atomic E-state index is 13.3. The minimum Gasteiger partial charge on any atom is -0.398 e. The first kappa shape index (κ1) is 14.3. The Hall–Kier alpha value is -1.14. The van der Waals surface area contributed by atoms with Gasteiger partial charge < -0.3 is 5.73 Å². The molecule has 2 rings (SSSR count). The first-order chi connectivity index (χ1) is 8.93.